The topological polar surface area (TPSA) is 38.9 Å². The molecule has 2 rings (SSSR count). The third kappa shape index (κ3) is 2.36. The van der Waals surface area contributed by atoms with Gasteiger partial charge in [-0.25, -0.2) is 4.98 Å². The van der Waals surface area contributed by atoms with Gasteiger partial charge < -0.3 is 4.42 Å². The van der Waals surface area contributed by atoms with Crippen molar-refractivity contribution in [1.29, 1.82) is 0 Å². The molecule has 0 aromatic carbocycles. The van der Waals surface area contributed by atoms with Gasteiger partial charge in [-0.3, -0.25) is 4.98 Å². The molecule has 3 nitrogen and oxygen atoms in total. The van der Waals surface area contributed by atoms with Crippen LogP contribution in [-0.2, 0) is 5.75 Å². The Kier molecular flexibility index (Phi) is 3.21. The maximum Gasteiger partial charge on any atom is 0.128 e. The predicted octanol–water partition coefficient (Wildman–Crippen LogP) is 3.12. The van der Waals surface area contributed by atoms with Crippen LogP contribution in [0.25, 0.3) is 0 Å². The second-order valence-corrected chi connectivity index (χ2v) is 4.37. The highest BCUT2D eigenvalue weighted by Gasteiger charge is 2.04. The number of thioether (sulfide) groups is 1. The molecule has 0 aliphatic rings. The third-order valence-corrected chi connectivity index (χ3v) is 3.20. The van der Waals surface area contributed by atoms with Crippen LogP contribution in [0, 0.1) is 0 Å². The van der Waals surface area contributed by atoms with E-state index >= 15 is 0 Å². The molecule has 0 N–H and O–H groups in total. The summed E-state index contributed by atoms with van der Waals surface area (Å²) < 4.78 is 6.26. The minimum Gasteiger partial charge on any atom is -0.467 e. The molecule has 0 bridgehead atoms. The lowest BCUT2D eigenvalue weighted by Gasteiger charge is -1.97. The summed E-state index contributed by atoms with van der Waals surface area (Å²) >= 11 is 4.99. The van der Waals surface area contributed by atoms with Crippen molar-refractivity contribution in [3.63, 3.8) is 0 Å². The van der Waals surface area contributed by atoms with E-state index in [1.54, 1.807) is 36.6 Å². The number of nitrogens with zero attached hydrogens (tertiary/aromatic N) is 2. The largest absolute Gasteiger partial charge is 0.467 e. The highest BCUT2D eigenvalue weighted by Crippen LogP contribution is 2.25. The zero-order chi connectivity index (χ0) is 9.80. The molecule has 2 aromatic heterocycles. The van der Waals surface area contributed by atoms with Gasteiger partial charge in [0, 0.05) is 12.4 Å². The monoisotopic (exact) mass is 270 g/mol. The van der Waals surface area contributed by atoms with Gasteiger partial charge in [0.05, 0.1) is 22.7 Å². The van der Waals surface area contributed by atoms with Gasteiger partial charge in [0.2, 0.25) is 0 Å². The fourth-order valence-corrected chi connectivity index (χ4v) is 2.23. The highest BCUT2D eigenvalue weighted by atomic mass is 79.9. The second-order valence-electron chi connectivity index (χ2n) is 2.52. The smallest absolute Gasteiger partial charge is 0.128 e. The van der Waals surface area contributed by atoms with Gasteiger partial charge in [-0.1, -0.05) is 11.8 Å². The predicted molar refractivity (Wildman–Crippen MR) is 58.0 cm³/mol. The first-order valence-electron chi connectivity index (χ1n) is 3.97. The lowest BCUT2D eigenvalue weighted by molar-refractivity contribution is 0.528. The molecule has 0 aliphatic carbocycles. The standard InChI is InChI=1S/C9H7BrN2OS/c10-7-1-4-13-8(7)6-14-9-5-11-2-3-12-9/h1-5H,6H2. The van der Waals surface area contributed by atoms with Crippen molar-refractivity contribution in [2.45, 2.75) is 10.8 Å². The van der Waals surface area contributed by atoms with Crippen LogP contribution in [0.3, 0.4) is 0 Å². The van der Waals surface area contributed by atoms with Gasteiger partial charge in [-0.2, -0.15) is 0 Å². The molecule has 0 spiro atoms. The lowest BCUT2D eigenvalue weighted by atomic mass is 10.5. The summed E-state index contributed by atoms with van der Waals surface area (Å²) in [7, 11) is 0. The van der Waals surface area contributed by atoms with Crippen LogP contribution >= 0.6 is 27.7 Å². The summed E-state index contributed by atoms with van der Waals surface area (Å²) in [5.41, 5.74) is 0. The molecule has 5 heteroatoms. The van der Waals surface area contributed by atoms with E-state index in [2.05, 4.69) is 25.9 Å². The lowest BCUT2D eigenvalue weighted by Crippen LogP contribution is -1.82. The van der Waals surface area contributed by atoms with Crippen molar-refractivity contribution in [1.82, 2.24) is 9.97 Å². The Morgan fingerprint density at radius 2 is 2.36 bits per heavy atom. The van der Waals surface area contributed by atoms with E-state index in [1.165, 1.54) is 0 Å². The van der Waals surface area contributed by atoms with Crippen LogP contribution in [-0.4, -0.2) is 9.97 Å². The highest BCUT2D eigenvalue weighted by molar-refractivity contribution is 9.10. The molecule has 2 heterocycles. The van der Waals surface area contributed by atoms with Gasteiger partial charge in [0.1, 0.15) is 10.8 Å². The molecule has 0 radical (unpaired) electrons. The molecular weight excluding hydrogens is 264 g/mol. The van der Waals surface area contributed by atoms with Gasteiger partial charge in [-0.05, 0) is 22.0 Å². The minimum absolute atomic E-state index is 0.756. The number of halogens is 1. The van der Waals surface area contributed by atoms with E-state index in [0.29, 0.717) is 0 Å². The zero-order valence-electron chi connectivity index (χ0n) is 7.18. The van der Waals surface area contributed by atoms with Gasteiger partial charge >= 0.3 is 0 Å². The van der Waals surface area contributed by atoms with E-state index in [0.717, 1.165) is 21.0 Å². The second kappa shape index (κ2) is 4.61. The van der Waals surface area contributed by atoms with E-state index in [9.17, 15) is 0 Å². The van der Waals surface area contributed by atoms with Gasteiger partial charge in [0.15, 0.2) is 0 Å². The van der Waals surface area contributed by atoms with E-state index in [1.807, 2.05) is 6.07 Å². The molecule has 0 amide bonds. The van der Waals surface area contributed by atoms with E-state index in [4.69, 9.17) is 4.42 Å². The molecule has 0 atom stereocenters. The van der Waals surface area contributed by atoms with Gasteiger partial charge in [-0.15, -0.1) is 0 Å². The molecule has 0 fully saturated rings. The van der Waals surface area contributed by atoms with Crippen LogP contribution in [0.5, 0.6) is 0 Å². The molecule has 0 unspecified atom stereocenters. The van der Waals surface area contributed by atoms with Crippen molar-refractivity contribution in [2.24, 2.45) is 0 Å². The summed E-state index contributed by atoms with van der Waals surface area (Å²) in [5, 5.41) is 0.899. The molecule has 0 saturated carbocycles. The fourth-order valence-electron chi connectivity index (χ4n) is 0.928. The summed E-state index contributed by atoms with van der Waals surface area (Å²) in [6.07, 6.45) is 6.74. The van der Waals surface area contributed by atoms with Gasteiger partial charge in [0.25, 0.3) is 0 Å². The number of rotatable bonds is 3. The van der Waals surface area contributed by atoms with Crippen molar-refractivity contribution < 1.29 is 4.42 Å². The maximum atomic E-state index is 5.27. The number of furan rings is 1. The summed E-state index contributed by atoms with van der Waals surface area (Å²) in [6.45, 7) is 0. The first-order valence-corrected chi connectivity index (χ1v) is 5.75. The van der Waals surface area contributed by atoms with E-state index < -0.39 is 0 Å². The van der Waals surface area contributed by atoms with Crippen LogP contribution in [0.2, 0.25) is 0 Å². The van der Waals surface area contributed by atoms with Crippen LogP contribution < -0.4 is 0 Å². The Balaban J connectivity index is 1.99. The Morgan fingerprint density at radius 1 is 1.43 bits per heavy atom. The summed E-state index contributed by atoms with van der Waals surface area (Å²) in [6, 6.07) is 1.88. The molecular formula is C9H7BrN2OS. The normalized spacial score (nSPS) is 10.4. The molecule has 14 heavy (non-hydrogen) atoms. The molecule has 2 aromatic rings. The van der Waals surface area contributed by atoms with Crippen molar-refractivity contribution in [2.75, 3.05) is 0 Å². The number of hydrogen-bond acceptors (Lipinski definition) is 4. The Hall–Kier alpha value is -0.810. The average molecular weight is 271 g/mol. The number of aromatic nitrogens is 2. The van der Waals surface area contributed by atoms with Crippen molar-refractivity contribution in [3.8, 4) is 0 Å². The quantitative estimate of drug-likeness (QED) is 0.804. The van der Waals surface area contributed by atoms with Crippen LogP contribution in [0.15, 0.2) is 44.8 Å². The van der Waals surface area contributed by atoms with Crippen molar-refractivity contribution >= 4 is 27.7 Å². The summed E-state index contributed by atoms with van der Waals surface area (Å²) in [5.74, 6) is 1.67. The number of hydrogen-bond donors (Lipinski definition) is 0. The van der Waals surface area contributed by atoms with Crippen LogP contribution in [0.1, 0.15) is 5.76 Å². The van der Waals surface area contributed by atoms with E-state index in [-0.39, 0.29) is 0 Å². The first kappa shape index (κ1) is 9.73. The Labute approximate surface area is 94.1 Å². The van der Waals surface area contributed by atoms with Crippen molar-refractivity contribution in [3.05, 3.63) is 41.2 Å². The first-order chi connectivity index (χ1) is 6.86. The summed E-state index contributed by atoms with van der Waals surface area (Å²) in [4.78, 5) is 8.13. The molecule has 72 valence electrons. The molecule has 0 saturated heterocycles. The maximum absolute atomic E-state index is 5.27. The Morgan fingerprint density at radius 3 is 3.00 bits per heavy atom. The average Bonchev–Trinajstić information content (AvgIpc) is 2.63. The molecule has 0 aliphatic heterocycles. The minimum atomic E-state index is 0.756. The fraction of sp³-hybridized carbons (Fsp3) is 0.111. The SMILES string of the molecule is Brc1ccoc1CSc1cnccn1. The Bertz CT molecular complexity index is 404. The zero-order valence-corrected chi connectivity index (χ0v) is 9.59. The van der Waals surface area contributed by atoms with Crippen LogP contribution in [0.4, 0.5) is 0 Å². The third-order valence-electron chi connectivity index (χ3n) is 1.58.